The SMILES string of the molecule is Cl.Cl.NCCCN(Cc1ccccc1)C(=O)c1ccc(N2CCCCCC2)nc1. The van der Waals surface area contributed by atoms with Crippen LogP contribution in [0.5, 0.6) is 0 Å². The summed E-state index contributed by atoms with van der Waals surface area (Å²) in [6.45, 7) is 3.92. The molecule has 160 valence electrons. The largest absolute Gasteiger partial charge is 0.357 e. The van der Waals surface area contributed by atoms with E-state index in [9.17, 15) is 4.79 Å². The van der Waals surface area contributed by atoms with E-state index in [1.54, 1.807) is 6.20 Å². The smallest absolute Gasteiger partial charge is 0.255 e. The summed E-state index contributed by atoms with van der Waals surface area (Å²) >= 11 is 0. The van der Waals surface area contributed by atoms with Crippen LogP contribution in [-0.4, -0.2) is 42.0 Å². The van der Waals surface area contributed by atoms with Gasteiger partial charge in [-0.1, -0.05) is 43.2 Å². The molecule has 1 aromatic carbocycles. The van der Waals surface area contributed by atoms with Gasteiger partial charge in [0.1, 0.15) is 5.82 Å². The van der Waals surface area contributed by atoms with Crippen LogP contribution in [-0.2, 0) is 6.54 Å². The van der Waals surface area contributed by atoms with Crippen LogP contribution in [0.2, 0.25) is 0 Å². The van der Waals surface area contributed by atoms with Crippen molar-refractivity contribution in [2.75, 3.05) is 31.1 Å². The lowest BCUT2D eigenvalue weighted by Crippen LogP contribution is -2.32. The Morgan fingerprint density at radius 2 is 1.69 bits per heavy atom. The van der Waals surface area contributed by atoms with Crippen molar-refractivity contribution in [1.29, 1.82) is 0 Å². The Hall–Kier alpha value is -1.82. The van der Waals surface area contributed by atoms with Crippen LogP contribution in [0.4, 0.5) is 5.82 Å². The normalized spacial score (nSPS) is 13.6. The maximum Gasteiger partial charge on any atom is 0.255 e. The van der Waals surface area contributed by atoms with Gasteiger partial charge in [0.2, 0.25) is 0 Å². The number of pyridine rings is 1. The molecule has 1 saturated heterocycles. The topological polar surface area (TPSA) is 62.5 Å². The molecule has 0 saturated carbocycles. The van der Waals surface area contributed by atoms with Crippen LogP contribution in [0, 0.1) is 0 Å². The van der Waals surface area contributed by atoms with E-state index in [4.69, 9.17) is 5.73 Å². The quantitative estimate of drug-likeness (QED) is 0.699. The maximum absolute atomic E-state index is 13.0. The predicted molar refractivity (Wildman–Crippen MR) is 124 cm³/mol. The molecule has 1 aliphatic heterocycles. The first-order chi connectivity index (χ1) is 13.3. The summed E-state index contributed by atoms with van der Waals surface area (Å²) < 4.78 is 0. The molecule has 2 aromatic rings. The summed E-state index contributed by atoms with van der Waals surface area (Å²) in [4.78, 5) is 21.8. The number of hydrogen-bond donors (Lipinski definition) is 1. The Bertz CT molecular complexity index is 705. The number of amides is 1. The van der Waals surface area contributed by atoms with Gasteiger partial charge in [-0.25, -0.2) is 4.98 Å². The summed E-state index contributed by atoms with van der Waals surface area (Å²) in [7, 11) is 0. The van der Waals surface area contributed by atoms with E-state index in [0.717, 1.165) is 30.9 Å². The number of carbonyl (C=O) groups excluding carboxylic acids is 1. The molecule has 0 spiro atoms. The van der Waals surface area contributed by atoms with E-state index in [0.29, 0.717) is 25.2 Å². The lowest BCUT2D eigenvalue weighted by Gasteiger charge is -2.24. The molecule has 0 aliphatic carbocycles. The second-order valence-electron chi connectivity index (χ2n) is 7.16. The summed E-state index contributed by atoms with van der Waals surface area (Å²) in [5.74, 6) is 0.993. The molecule has 1 fully saturated rings. The third-order valence-corrected chi connectivity index (χ3v) is 5.06. The summed E-state index contributed by atoms with van der Waals surface area (Å²) in [5, 5.41) is 0. The molecule has 5 nitrogen and oxygen atoms in total. The summed E-state index contributed by atoms with van der Waals surface area (Å²) in [5.41, 5.74) is 7.43. The van der Waals surface area contributed by atoms with E-state index in [1.165, 1.54) is 25.7 Å². The zero-order chi connectivity index (χ0) is 18.9. The Morgan fingerprint density at radius 1 is 1.00 bits per heavy atom. The van der Waals surface area contributed by atoms with Gasteiger partial charge in [0.15, 0.2) is 0 Å². The molecule has 1 amide bonds. The highest BCUT2D eigenvalue weighted by Gasteiger charge is 2.17. The van der Waals surface area contributed by atoms with Crippen LogP contribution in [0.3, 0.4) is 0 Å². The Morgan fingerprint density at radius 3 is 2.28 bits per heavy atom. The molecule has 3 rings (SSSR count). The van der Waals surface area contributed by atoms with Gasteiger partial charge in [0, 0.05) is 32.4 Å². The first kappa shape index (κ1) is 25.2. The van der Waals surface area contributed by atoms with Crippen LogP contribution < -0.4 is 10.6 Å². The molecular weight excluding hydrogens is 407 g/mol. The fourth-order valence-electron chi connectivity index (χ4n) is 3.52. The van der Waals surface area contributed by atoms with Gasteiger partial charge in [-0.15, -0.1) is 24.8 Å². The fourth-order valence-corrected chi connectivity index (χ4v) is 3.52. The van der Waals surface area contributed by atoms with Gasteiger partial charge >= 0.3 is 0 Å². The Kier molecular flexibility index (Phi) is 11.7. The molecule has 1 aliphatic rings. The van der Waals surface area contributed by atoms with Crippen LogP contribution in [0.25, 0.3) is 0 Å². The van der Waals surface area contributed by atoms with E-state index in [2.05, 4.69) is 9.88 Å². The average Bonchev–Trinajstić information content (AvgIpc) is 3.01. The highest BCUT2D eigenvalue weighted by molar-refractivity contribution is 5.94. The van der Waals surface area contributed by atoms with E-state index in [1.807, 2.05) is 47.4 Å². The van der Waals surface area contributed by atoms with Crippen LogP contribution in [0.15, 0.2) is 48.7 Å². The molecule has 2 heterocycles. The molecule has 0 radical (unpaired) electrons. The van der Waals surface area contributed by atoms with Gasteiger partial charge < -0.3 is 15.5 Å². The monoisotopic (exact) mass is 438 g/mol. The second kappa shape index (κ2) is 13.4. The van der Waals surface area contributed by atoms with E-state index in [-0.39, 0.29) is 30.7 Å². The number of nitrogens with zero attached hydrogens (tertiary/aromatic N) is 3. The van der Waals surface area contributed by atoms with Gasteiger partial charge in [-0.2, -0.15) is 0 Å². The second-order valence-corrected chi connectivity index (χ2v) is 7.16. The third-order valence-electron chi connectivity index (χ3n) is 5.06. The first-order valence-corrected chi connectivity index (χ1v) is 10.0. The minimum absolute atomic E-state index is 0. The first-order valence-electron chi connectivity index (χ1n) is 10.0. The van der Waals surface area contributed by atoms with Crippen LogP contribution >= 0.6 is 24.8 Å². The predicted octanol–water partition coefficient (Wildman–Crippen LogP) is 4.30. The van der Waals surface area contributed by atoms with Crippen molar-refractivity contribution >= 4 is 36.5 Å². The Balaban J connectivity index is 0.00000210. The molecule has 0 unspecified atom stereocenters. The number of carbonyl (C=O) groups is 1. The molecule has 29 heavy (non-hydrogen) atoms. The lowest BCUT2D eigenvalue weighted by atomic mass is 10.1. The number of aromatic nitrogens is 1. The molecule has 2 N–H and O–H groups in total. The van der Waals surface area contributed by atoms with Crippen molar-refractivity contribution < 1.29 is 4.79 Å². The molecular formula is C22H32Cl2N4O. The lowest BCUT2D eigenvalue weighted by molar-refractivity contribution is 0.0742. The van der Waals surface area contributed by atoms with Crippen molar-refractivity contribution in [3.8, 4) is 0 Å². The minimum atomic E-state index is 0. The van der Waals surface area contributed by atoms with Crippen molar-refractivity contribution in [1.82, 2.24) is 9.88 Å². The van der Waals surface area contributed by atoms with Crippen molar-refractivity contribution in [3.63, 3.8) is 0 Å². The fraction of sp³-hybridized carbons (Fsp3) is 0.455. The molecule has 7 heteroatoms. The van der Waals surface area contributed by atoms with Gasteiger partial charge in [0.25, 0.3) is 5.91 Å². The average molecular weight is 439 g/mol. The number of benzene rings is 1. The maximum atomic E-state index is 13.0. The molecule has 0 atom stereocenters. The number of rotatable bonds is 7. The van der Waals surface area contributed by atoms with Gasteiger partial charge in [-0.3, -0.25) is 4.79 Å². The highest BCUT2D eigenvalue weighted by atomic mass is 35.5. The molecule has 0 bridgehead atoms. The van der Waals surface area contributed by atoms with Crippen molar-refractivity contribution in [2.45, 2.75) is 38.6 Å². The minimum Gasteiger partial charge on any atom is -0.357 e. The highest BCUT2D eigenvalue weighted by Crippen LogP contribution is 2.18. The summed E-state index contributed by atoms with van der Waals surface area (Å²) in [6.07, 6.45) is 7.53. The van der Waals surface area contributed by atoms with Gasteiger partial charge in [0.05, 0.1) is 5.56 Å². The third kappa shape index (κ3) is 7.50. The van der Waals surface area contributed by atoms with E-state index >= 15 is 0 Å². The number of halogens is 2. The standard InChI is InChI=1S/C22H30N4O.2ClH/c23-13-8-16-26(18-19-9-4-3-5-10-19)22(27)20-11-12-21(24-17-20)25-14-6-1-2-7-15-25;;/h3-5,9-12,17H,1-2,6-8,13-16,18,23H2;2*1H. The number of anilines is 1. The van der Waals surface area contributed by atoms with Crippen LogP contribution in [0.1, 0.15) is 48.0 Å². The van der Waals surface area contributed by atoms with Gasteiger partial charge in [-0.05, 0) is 43.5 Å². The Labute approximate surface area is 186 Å². The number of hydrogen-bond acceptors (Lipinski definition) is 4. The zero-order valence-corrected chi connectivity index (χ0v) is 18.5. The van der Waals surface area contributed by atoms with Crippen molar-refractivity contribution in [3.05, 3.63) is 59.8 Å². The van der Waals surface area contributed by atoms with Crippen molar-refractivity contribution in [2.24, 2.45) is 5.73 Å². The van der Waals surface area contributed by atoms with E-state index < -0.39 is 0 Å². The zero-order valence-electron chi connectivity index (χ0n) is 16.8. The summed E-state index contributed by atoms with van der Waals surface area (Å²) in [6, 6.07) is 14.0. The molecule has 1 aromatic heterocycles. The number of nitrogens with two attached hydrogens (primary N) is 1.